The Hall–Kier alpha value is -2.42. The van der Waals surface area contributed by atoms with Crippen LogP contribution in [0.25, 0.3) is 0 Å². The van der Waals surface area contributed by atoms with E-state index in [1.807, 2.05) is 0 Å². The Morgan fingerprint density at radius 1 is 0.968 bits per heavy atom. The maximum atomic E-state index is 13.2. The first-order valence-corrected chi connectivity index (χ1v) is 12.1. The standard InChI is InChI=1S/C22H24ClN3O4S/c23-19-7-3-2-6-18(19)20-21(27)24-12-15-26(20)22(28)16-8-10-17(11-9-16)31(29,30)25-13-4-1-5-14-25/h2-3,6-11,20H,1,4-5,12-15H2,(H,24,27). The van der Waals surface area contributed by atoms with Gasteiger partial charge >= 0.3 is 0 Å². The van der Waals surface area contributed by atoms with Gasteiger partial charge in [-0.25, -0.2) is 8.42 Å². The van der Waals surface area contributed by atoms with E-state index in [2.05, 4.69) is 5.32 Å². The Morgan fingerprint density at radius 3 is 2.32 bits per heavy atom. The Bertz CT molecular complexity index is 1080. The van der Waals surface area contributed by atoms with Gasteiger partial charge in [0.05, 0.1) is 4.90 Å². The average Bonchev–Trinajstić information content (AvgIpc) is 2.80. The molecule has 9 heteroatoms. The van der Waals surface area contributed by atoms with Gasteiger partial charge in [-0.15, -0.1) is 0 Å². The lowest BCUT2D eigenvalue weighted by Gasteiger charge is -2.35. The molecular formula is C22H24ClN3O4S. The normalized spacial score (nSPS) is 20.4. The van der Waals surface area contributed by atoms with Crippen LogP contribution in [0.5, 0.6) is 0 Å². The zero-order chi connectivity index (χ0) is 22.0. The van der Waals surface area contributed by atoms with E-state index in [0.29, 0.717) is 42.3 Å². The van der Waals surface area contributed by atoms with E-state index < -0.39 is 16.1 Å². The van der Waals surface area contributed by atoms with Crippen molar-refractivity contribution in [3.63, 3.8) is 0 Å². The highest BCUT2D eigenvalue weighted by atomic mass is 35.5. The summed E-state index contributed by atoms with van der Waals surface area (Å²) in [5, 5.41) is 3.19. The second-order valence-corrected chi connectivity index (χ2v) is 10.0. The van der Waals surface area contributed by atoms with Gasteiger partial charge in [0, 0.05) is 42.3 Å². The molecule has 164 valence electrons. The van der Waals surface area contributed by atoms with Crippen LogP contribution in [0.4, 0.5) is 0 Å². The number of piperidine rings is 1. The fourth-order valence-corrected chi connectivity index (χ4v) is 5.84. The lowest BCUT2D eigenvalue weighted by Crippen LogP contribution is -2.52. The molecular weight excluding hydrogens is 438 g/mol. The predicted molar refractivity (Wildman–Crippen MR) is 117 cm³/mol. The molecule has 7 nitrogen and oxygen atoms in total. The van der Waals surface area contributed by atoms with Crippen LogP contribution < -0.4 is 5.32 Å². The number of carbonyl (C=O) groups is 2. The number of carbonyl (C=O) groups excluding carboxylic acids is 2. The summed E-state index contributed by atoms with van der Waals surface area (Å²) in [4.78, 5) is 27.5. The van der Waals surface area contributed by atoms with Gasteiger partial charge in [-0.1, -0.05) is 36.2 Å². The Kier molecular flexibility index (Phi) is 6.31. The van der Waals surface area contributed by atoms with Crippen LogP contribution in [0.2, 0.25) is 5.02 Å². The molecule has 2 aliphatic heterocycles. The molecule has 0 aromatic heterocycles. The number of piperazine rings is 1. The summed E-state index contributed by atoms with van der Waals surface area (Å²) in [7, 11) is -3.57. The number of nitrogens with zero attached hydrogens (tertiary/aromatic N) is 2. The molecule has 4 rings (SSSR count). The number of hydrogen-bond donors (Lipinski definition) is 1. The van der Waals surface area contributed by atoms with Crippen molar-refractivity contribution in [2.75, 3.05) is 26.2 Å². The predicted octanol–water partition coefficient (Wildman–Crippen LogP) is 2.83. The van der Waals surface area contributed by atoms with Crippen LogP contribution in [-0.2, 0) is 14.8 Å². The van der Waals surface area contributed by atoms with Crippen LogP contribution >= 0.6 is 11.6 Å². The van der Waals surface area contributed by atoms with Crippen molar-refractivity contribution < 1.29 is 18.0 Å². The zero-order valence-corrected chi connectivity index (χ0v) is 18.5. The monoisotopic (exact) mass is 461 g/mol. The third-order valence-electron chi connectivity index (χ3n) is 5.73. The largest absolute Gasteiger partial charge is 0.352 e. The Labute approximate surface area is 187 Å². The number of nitrogens with one attached hydrogen (secondary N) is 1. The maximum absolute atomic E-state index is 13.2. The van der Waals surface area contributed by atoms with Crippen molar-refractivity contribution in [2.24, 2.45) is 0 Å². The first kappa shape index (κ1) is 21.8. The van der Waals surface area contributed by atoms with Crippen molar-refractivity contribution in [3.05, 3.63) is 64.7 Å². The second-order valence-electron chi connectivity index (χ2n) is 7.70. The second kappa shape index (κ2) is 8.98. The Morgan fingerprint density at radius 2 is 1.65 bits per heavy atom. The molecule has 2 amide bonds. The van der Waals surface area contributed by atoms with Crippen molar-refractivity contribution in [1.29, 1.82) is 0 Å². The zero-order valence-electron chi connectivity index (χ0n) is 17.0. The van der Waals surface area contributed by atoms with Gasteiger partial charge in [-0.05, 0) is 43.2 Å². The van der Waals surface area contributed by atoms with Crippen molar-refractivity contribution in [2.45, 2.75) is 30.2 Å². The molecule has 0 radical (unpaired) electrons. The molecule has 1 N–H and O–H groups in total. The molecule has 1 atom stereocenters. The minimum atomic E-state index is -3.57. The van der Waals surface area contributed by atoms with E-state index in [9.17, 15) is 18.0 Å². The number of rotatable bonds is 4. The molecule has 0 bridgehead atoms. The SMILES string of the molecule is O=C1NCCN(C(=O)c2ccc(S(=O)(=O)N3CCCCC3)cc2)C1c1ccccc1Cl. The van der Waals surface area contributed by atoms with Gasteiger partial charge in [0.15, 0.2) is 0 Å². The smallest absolute Gasteiger partial charge is 0.254 e. The van der Waals surface area contributed by atoms with E-state index in [4.69, 9.17) is 11.6 Å². The topological polar surface area (TPSA) is 86.8 Å². The average molecular weight is 462 g/mol. The minimum Gasteiger partial charge on any atom is -0.352 e. The number of hydrogen-bond acceptors (Lipinski definition) is 4. The maximum Gasteiger partial charge on any atom is 0.254 e. The van der Waals surface area contributed by atoms with Gasteiger partial charge in [-0.2, -0.15) is 4.31 Å². The summed E-state index contributed by atoms with van der Waals surface area (Å²) < 4.78 is 27.2. The number of benzene rings is 2. The van der Waals surface area contributed by atoms with Crippen LogP contribution in [0, 0.1) is 0 Å². The van der Waals surface area contributed by atoms with Crippen LogP contribution in [-0.4, -0.2) is 55.6 Å². The highest BCUT2D eigenvalue weighted by molar-refractivity contribution is 7.89. The quantitative estimate of drug-likeness (QED) is 0.758. The lowest BCUT2D eigenvalue weighted by atomic mass is 10.0. The van der Waals surface area contributed by atoms with Crippen LogP contribution in [0.1, 0.15) is 41.2 Å². The summed E-state index contributed by atoms with van der Waals surface area (Å²) in [5.41, 5.74) is 0.878. The van der Waals surface area contributed by atoms with Gasteiger partial charge in [0.2, 0.25) is 15.9 Å². The lowest BCUT2D eigenvalue weighted by molar-refractivity contribution is -0.128. The van der Waals surface area contributed by atoms with Crippen molar-refractivity contribution in [1.82, 2.24) is 14.5 Å². The molecule has 2 aliphatic rings. The minimum absolute atomic E-state index is 0.171. The molecule has 2 heterocycles. The summed E-state index contributed by atoms with van der Waals surface area (Å²) in [5.74, 6) is -0.640. The van der Waals surface area contributed by atoms with Crippen molar-refractivity contribution in [3.8, 4) is 0 Å². The van der Waals surface area contributed by atoms with Crippen molar-refractivity contribution >= 4 is 33.4 Å². The van der Waals surface area contributed by atoms with Crippen LogP contribution in [0.15, 0.2) is 53.4 Å². The fourth-order valence-electron chi connectivity index (χ4n) is 4.08. The van der Waals surface area contributed by atoms with Gasteiger partial charge in [0.25, 0.3) is 5.91 Å². The highest BCUT2D eigenvalue weighted by Gasteiger charge is 2.36. The van der Waals surface area contributed by atoms with Gasteiger partial charge < -0.3 is 10.2 Å². The fraction of sp³-hybridized carbons (Fsp3) is 0.364. The molecule has 31 heavy (non-hydrogen) atoms. The molecule has 2 fully saturated rings. The molecule has 1 unspecified atom stereocenters. The summed E-state index contributed by atoms with van der Waals surface area (Å²) in [6.45, 7) is 1.71. The first-order chi connectivity index (χ1) is 14.9. The summed E-state index contributed by atoms with van der Waals surface area (Å²) in [6.07, 6.45) is 2.75. The van der Waals surface area contributed by atoms with Crippen LogP contribution in [0.3, 0.4) is 0 Å². The van der Waals surface area contributed by atoms with Gasteiger partial charge in [0.1, 0.15) is 6.04 Å². The molecule has 0 aliphatic carbocycles. The summed E-state index contributed by atoms with van der Waals surface area (Å²) in [6, 6.07) is 12.1. The number of amides is 2. The molecule has 2 aromatic carbocycles. The third-order valence-corrected chi connectivity index (χ3v) is 7.98. The van der Waals surface area contributed by atoms with Gasteiger partial charge in [-0.3, -0.25) is 9.59 Å². The molecule has 0 spiro atoms. The molecule has 0 saturated carbocycles. The third kappa shape index (κ3) is 4.33. The van der Waals surface area contributed by atoms with E-state index in [1.165, 1.54) is 33.5 Å². The number of sulfonamides is 1. The molecule has 2 saturated heterocycles. The van der Waals surface area contributed by atoms with E-state index in [-0.39, 0.29) is 16.7 Å². The van der Waals surface area contributed by atoms with E-state index in [0.717, 1.165) is 19.3 Å². The first-order valence-electron chi connectivity index (χ1n) is 10.3. The summed E-state index contributed by atoms with van der Waals surface area (Å²) >= 11 is 6.29. The van der Waals surface area contributed by atoms with E-state index >= 15 is 0 Å². The number of halogens is 1. The van der Waals surface area contributed by atoms with E-state index in [1.54, 1.807) is 24.3 Å². The Balaban J connectivity index is 1.59. The molecule has 2 aromatic rings. The highest BCUT2D eigenvalue weighted by Crippen LogP contribution is 2.30.